The number of aliphatic hydroxyl groups excluding tert-OH is 1. The SMILES string of the molecule is CC(O)NC1CCN(C(C)C)CC1. The van der Waals surface area contributed by atoms with Crippen LogP contribution in [0.1, 0.15) is 33.6 Å². The Bertz CT molecular complexity index is 140. The van der Waals surface area contributed by atoms with Gasteiger partial charge in [0, 0.05) is 12.1 Å². The lowest BCUT2D eigenvalue weighted by Crippen LogP contribution is -2.47. The van der Waals surface area contributed by atoms with Gasteiger partial charge in [-0.05, 0) is 46.7 Å². The monoisotopic (exact) mass is 186 g/mol. The number of piperidine rings is 1. The van der Waals surface area contributed by atoms with E-state index >= 15 is 0 Å². The number of likely N-dealkylation sites (tertiary alicyclic amines) is 1. The van der Waals surface area contributed by atoms with E-state index < -0.39 is 0 Å². The Labute approximate surface area is 81.1 Å². The molecular weight excluding hydrogens is 164 g/mol. The van der Waals surface area contributed by atoms with Crippen molar-refractivity contribution in [3.63, 3.8) is 0 Å². The highest BCUT2D eigenvalue weighted by molar-refractivity contribution is 4.78. The van der Waals surface area contributed by atoms with Crippen LogP contribution in [0.5, 0.6) is 0 Å². The highest BCUT2D eigenvalue weighted by Gasteiger charge is 2.20. The second kappa shape index (κ2) is 4.94. The van der Waals surface area contributed by atoms with Crippen LogP contribution in [0.25, 0.3) is 0 Å². The minimum absolute atomic E-state index is 0.365. The Morgan fingerprint density at radius 1 is 1.23 bits per heavy atom. The largest absolute Gasteiger partial charge is 0.379 e. The zero-order valence-electron chi connectivity index (χ0n) is 8.95. The van der Waals surface area contributed by atoms with E-state index in [-0.39, 0.29) is 6.23 Å². The maximum Gasteiger partial charge on any atom is 0.102 e. The molecule has 1 saturated heterocycles. The van der Waals surface area contributed by atoms with Crippen LogP contribution in [0.15, 0.2) is 0 Å². The molecule has 0 spiro atoms. The van der Waals surface area contributed by atoms with Crippen LogP contribution >= 0.6 is 0 Å². The Hall–Kier alpha value is -0.120. The minimum atomic E-state index is -0.365. The number of aliphatic hydroxyl groups is 1. The van der Waals surface area contributed by atoms with E-state index in [1.807, 2.05) is 0 Å². The van der Waals surface area contributed by atoms with E-state index in [9.17, 15) is 0 Å². The lowest BCUT2D eigenvalue weighted by molar-refractivity contribution is 0.103. The quantitative estimate of drug-likeness (QED) is 0.640. The van der Waals surface area contributed by atoms with E-state index in [1.54, 1.807) is 6.92 Å². The fraction of sp³-hybridized carbons (Fsp3) is 1.00. The molecular formula is C10H22N2O. The zero-order valence-corrected chi connectivity index (χ0v) is 8.95. The Morgan fingerprint density at radius 3 is 2.15 bits per heavy atom. The maximum atomic E-state index is 9.15. The first-order valence-corrected chi connectivity index (χ1v) is 5.27. The Morgan fingerprint density at radius 2 is 1.77 bits per heavy atom. The molecule has 2 N–H and O–H groups in total. The molecule has 0 aromatic rings. The summed E-state index contributed by atoms with van der Waals surface area (Å²) in [7, 11) is 0. The molecule has 13 heavy (non-hydrogen) atoms. The van der Waals surface area contributed by atoms with Crippen LogP contribution in [0.2, 0.25) is 0 Å². The highest BCUT2D eigenvalue weighted by Crippen LogP contribution is 2.12. The fourth-order valence-electron chi connectivity index (χ4n) is 1.92. The lowest BCUT2D eigenvalue weighted by atomic mass is 10.0. The molecule has 1 fully saturated rings. The summed E-state index contributed by atoms with van der Waals surface area (Å²) in [5, 5.41) is 12.3. The van der Waals surface area contributed by atoms with Crippen LogP contribution in [0.3, 0.4) is 0 Å². The summed E-state index contributed by atoms with van der Waals surface area (Å²) in [5.74, 6) is 0. The van der Waals surface area contributed by atoms with Gasteiger partial charge >= 0.3 is 0 Å². The van der Waals surface area contributed by atoms with Crippen molar-refractivity contribution in [1.29, 1.82) is 0 Å². The van der Waals surface area contributed by atoms with Gasteiger partial charge in [0.25, 0.3) is 0 Å². The van der Waals surface area contributed by atoms with E-state index in [2.05, 4.69) is 24.1 Å². The molecule has 1 rings (SSSR count). The molecule has 3 nitrogen and oxygen atoms in total. The second-order valence-electron chi connectivity index (χ2n) is 4.25. The Balaban J connectivity index is 2.22. The van der Waals surface area contributed by atoms with E-state index in [4.69, 9.17) is 5.11 Å². The van der Waals surface area contributed by atoms with E-state index in [1.165, 1.54) is 0 Å². The molecule has 1 aliphatic rings. The van der Waals surface area contributed by atoms with Crippen molar-refractivity contribution in [2.24, 2.45) is 0 Å². The maximum absolute atomic E-state index is 9.15. The van der Waals surface area contributed by atoms with Gasteiger partial charge in [-0.25, -0.2) is 0 Å². The summed E-state index contributed by atoms with van der Waals surface area (Å²) in [4.78, 5) is 2.49. The van der Waals surface area contributed by atoms with Gasteiger partial charge in [-0.1, -0.05) is 0 Å². The molecule has 1 heterocycles. The minimum Gasteiger partial charge on any atom is -0.379 e. The third-order valence-electron chi connectivity index (χ3n) is 2.74. The third-order valence-corrected chi connectivity index (χ3v) is 2.74. The predicted molar refractivity (Wildman–Crippen MR) is 54.5 cm³/mol. The molecule has 0 bridgehead atoms. The zero-order chi connectivity index (χ0) is 9.84. The van der Waals surface area contributed by atoms with Crippen LogP contribution in [-0.4, -0.2) is 41.4 Å². The standard InChI is InChI=1S/C10H22N2O/c1-8(2)12-6-4-10(5-7-12)11-9(3)13/h8-11,13H,4-7H2,1-3H3. The van der Waals surface area contributed by atoms with Gasteiger partial charge < -0.3 is 10.0 Å². The number of hydrogen-bond donors (Lipinski definition) is 2. The normalized spacial score (nSPS) is 23.8. The van der Waals surface area contributed by atoms with Crippen LogP contribution in [-0.2, 0) is 0 Å². The number of nitrogens with zero attached hydrogens (tertiary/aromatic N) is 1. The molecule has 78 valence electrons. The number of hydrogen-bond acceptors (Lipinski definition) is 3. The highest BCUT2D eigenvalue weighted by atomic mass is 16.3. The summed E-state index contributed by atoms with van der Waals surface area (Å²) in [6.45, 7) is 8.57. The predicted octanol–water partition coefficient (Wildman–Crippen LogP) is 0.787. The topological polar surface area (TPSA) is 35.5 Å². The van der Waals surface area contributed by atoms with E-state index in [0.29, 0.717) is 12.1 Å². The first kappa shape index (κ1) is 11.0. The molecule has 0 aromatic heterocycles. The number of nitrogens with one attached hydrogen (secondary N) is 1. The smallest absolute Gasteiger partial charge is 0.102 e. The molecule has 1 atom stereocenters. The summed E-state index contributed by atoms with van der Waals surface area (Å²) >= 11 is 0. The molecule has 0 aromatic carbocycles. The molecule has 3 heteroatoms. The molecule has 0 radical (unpaired) electrons. The van der Waals surface area contributed by atoms with Crippen molar-refractivity contribution >= 4 is 0 Å². The van der Waals surface area contributed by atoms with Crippen molar-refractivity contribution in [3.05, 3.63) is 0 Å². The van der Waals surface area contributed by atoms with Gasteiger partial charge in [0.05, 0.1) is 0 Å². The summed E-state index contributed by atoms with van der Waals surface area (Å²) in [6.07, 6.45) is 1.95. The van der Waals surface area contributed by atoms with Gasteiger partial charge in [0.2, 0.25) is 0 Å². The summed E-state index contributed by atoms with van der Waals surface area (Å²) < 4.78 is 0. The Kier molecular flexibility index (Phi) is 4.16. The van der Waals surface area contributed by atoms with Gasteiger partial charge in [0.15, 0.2) is 0 Å². The van der Waals surface area contributed by atoms with Crippen molar-refractivity contribution in [2.45, 2.75) is 51.9 Å². The van der Waals surface area contributed by atoms with Crippen LogP contribution in [0, 0.1) is 0 Å². The van der Waals surface area contributed by atoms with Gasteiger partial charge in [-0.2, -0.15) is 0 Å². The van der Waals surface area contributed by atoms with Crippen molar-refractivity contribution in [3.8, 4) is 0 Å². The van der Waals surface area contributed by atoms with Crippen LogP contribution < -0.4 is 5.32 Å². The molecule has 0 saturated carbocycles. The van der Waals surface area contributed by atoms with Crippen molar-refractivity contribution in [2.75, 3.05) is 13.1 Å². The van der Waals surface area contributed by atoms with Gasteiger partial charge in [0.1, 0.15) is 6.23 Å². The van der Waals surface area contributed by atoms with E-state index in [0.717, 1.165) is 25.9 Å². The number of rotatable bonds is 3. The fourth-order valence-corrected chi connectivity index (χ4v) is 1.92. The van der Waals surface area contributed by atoms with Gasteiger partial charge in [-0.15, -0.1) is 0 Å². The van der Waals surface area contributed by atoms with Crippen molar-refractivity contribution in [1.82, 2.24) is 10.2 Å². The molecule has 0 amide bonds. The lowest BCUT2D eigenvalue weighted by Gasteiger charge is -2.35. The third kappa shape index (κ3) is 3.63. The summed E-state index contributed by atoms with van der Waals surface area (Å²) in [6, 6.07) is 1.17. The summed E-state index contributed by atoms with van der Waals surface area (Å²) in [5.41, 5.74) is 0. The van der Waals surface area contributed by atoms with Crippen LogP contribution in [0.4, 0.5) is 0 Å². The first-order chi connectivity index (χ1) is 6.09. The molecule has 1 aliphatic heterocycles. The van der Waals surface area contributed by atoms with Gasteiger partial charge in [-0.3, -0.25) is 5.32 Å². The van der Waals surface area contributed by atoms with Crippen molar-refractivity contribution < 1.29 is 5.11 Å². The molecule has 0 aliphatic carbocycles. The molecule has 1 unspecified atom stereocenters. The average Bonchev–Trinajstić information content (AvgIpc) is 2.04. The average molecular weight is 186 g/mol. The first-order valence-electron chi connectivity index (χ1n) is 5.27. The second-order valence-corrected chi connectivity index (χ2v) is 4.25.